The van der Waals surface area contributed by atoms with Crippen molar-refractivity contribution in [2.24, 2.45) is 0 Å². The molecule has 0 aliphatic rings. The summed E-state index contributed by atoms with van der Waals surface area (Å²) < 4.78 is 1.25. The molecular formula is C16H20N4O3. The quantitative estimate of drug-likeness (QED) is 0.874. The zero-order valence-electron chi connectivity index (χ0n) is 13.6. The van der Waals surface area contributed by atoms with E-state index >= 15 is 0 Å². The second kappa shape index (κ2) is 6.20. The average molecular weight is 316 g/mol. The van der Waals surface area contributed by atoms with Crippen molar-refractivity contribution in [3.05, 3.63) is 40.4 Å². The van der Waals surface area contributed by atoms with Gasteiger partial charge in [0.15, 0.2) is 0 Å². The highest BCUT2D eigenvalue weighted by Crippen LogP contribution is 2.07. The lowest BCUT2D eigenvalue weighted by molar-refractivity contribution is -0.120. The minimum absolute atomic E-state index is 0.264. The number of hydrogen-bond acceptors (Lipinski definition) is 4. The van der Waals surface area contributed by atoms with Gasteiger partial charge >= 0.3 is 6.03 Å². The van der Waals surface area contributed by atoms with Crippen LogP contribution in [0, 0.1) is 6.92 Å². The maximum atomic E-state index is 12.4. The summed E-state index contributed by atoms with van der Waals surface area (Å²) in [7, 11) is 0. The normalized spacial score (nSPS) is 11.3. The van der Waals surface area contributed by atoms with Crippen LogP contribution in [0.15, 0.2) is 29.1 Å². The van der Waals surface area contributed by atoms with Crippen LogP contribution in [-0.2, 0) is 11.3 Å². The Kier molecular flexibility index (Phi) is 4.49. The molecule has 1 aromatic carbocycles. The van der Waals surface area contributed by atoms with E-state index in [0.717, 1.165) is 0 Å². The summed E-state index contributed by atoms with van der Waals surface area (Å²) in [5.41, 5.74) is -0.182. The zero-order valence-corrected chi connectivity index (χ0v) is 13.6. The van der Waals surface area contributed by atoms with Crippen LogP contribution in [0.25, 0.3) is 10.9 Å². The molecule has 7 nitrogen and oxygen atoms in total. The summed E-state index contributed by atoms with van der Waals surface area (Å²) in [5, 5.41) is 5.27. The van der Waals surface area contributed by atoms with Gasteiger partial charge in [0.05, 0.1) is 10.9 Å². The summed E-state index contributed by atoms with van der Waals surface area (Å²) in [6, 6.07) is 6.33. The Morgan fingerprint density at radius 1 is 1.22 bits per heavy atom. The standard InChI is InChI=1S/C16H20N4O3/c1-10-17-12-8-6-5-7-11(12)14(22)20(10)9-13(21)18-15(23)19-16(2,3)4/h5-8H,9H2,1-4H3,(H2,18,19,21,23). The first-order valence-electron chi connectivity index (χ1n) is 7.25. The highest BCUT2D eigenvalue weighted by Gasteiger charge is 2.17. The smallest absolute Gasteiger partial charge is 0.321 e. The molecule has 23 heavy (non-hydrogen) atoms. The van der Waals surface area contributed by atoms with Crippen molar-refractivity contribution in [2.75, 3.05) is 0 Å². The van der Waals surface area contributed by atoms with Gasteiger partial charge in [-0.1, -0.05) is 12.1 Å². The molecule has 0 spiro atoms. The molecule has 1 heterocycles. The average Bonchev–Trinajstić information content (AvgIpc) is 2.41. The fourth-order valence-electron chi connectivity index (χ4n) is 2.15. The Balaban J connectivity index is 2.20. The number of aryl methyl sites for hydroxylation is 1. The molecule has 2 N–H and O–H groups in total. The number of rotatable bonds is 2. The van der Waals surface area contributed by atoms with Crippen molar-refractivity contribution in [2.45, 2.75) is 39.8 Å². The maximum absolute atomic E-state index is 12.4. The fraction of sp³-hybridized carbons (Fsp3) is 0.375. The third kappa shape index (κ3) is 4.15. The number of carbonyl (C=O) groups is 2. The van der Waals surface area contributed by atoms with Crippen LogP contribution in [0.2, 0.25) is 0 Å². The van der Waals surface area contributed by atoms with E-state index in [1.165, 1.54) is 4.57 Å². The highest BCUT2D eigenvalue weighted by molar-refractivity contribution is 5.94. The van der Waals surface area contributed by atoms with Gasteiger partial charge in [-0.15, -0.1) is 0 Å². The molecule has 0 unspecified atom stereocenters. The predicted octanol–water partition coefficient (Wildman–Crippen LogP) is 1.33. The first-order chi connectivity index (χ1) is 10.7. The molecule has 1 aromatic heterocycles. The Morgan fingerprint density at radius 2 is 1.87 bits per heavy atom. The molecule has 0 aliphatic heterocycles. The van der Waals surface area contributed by atoms with E-state index in [0.29, 0.717) is 16.7 Å². The number of para-hydroxylation sites is 1. The third-order valence-corrected chi connectivity index (χ3v) is 3.10. The van der Waals surface area contributed by atoms with Gasteiger partial charge in [0, 0.05) is 5.54 Å². The number of aromatic nitrogens is 2. The van der Waals surface area contributed by atoms with Crippen molar-refractivity contribution in [3.8, 4) is 0 Å². The minimum atomic E-state index is -0.595. The largest absolute Gasteiger partial charge is 0.333 e. The highest BCUT2D eigenvalue weighted by atomic mass is 16.2. The van der Waals surface area contributed by atoms with Crippen LogP contribution in [-0.4, -0.2) is 27.0 Å². The van der Waals surface area contributed by atoms with Crippen LogP contribution in [0.1, 0.15) is 26.6 Å². The first-order valence-corrected chi connectivity index (χ1v) is 7.25. The Labute approximate surface area is 133 Å². The number of hydrogen-bond donors (Lipinski definition) is 2. The third-order valence-electron chi connectivity index (χ3n) is 3.10. The lowest BCUT2D eigenvalue weighted by Crippen LogP contribution is -2.49. The molecule has 0 atom stereocenters. The van der Waals surface area contributed by atoms with Crippen molar-refractivity contribution < 1.29 is 9.59 Å². The van der Waals surface area contributed by atoms with Gasteiger partial charge in [-0.25, -0.2) is 9.78 Å². The molecule has 2 aromatic rings. The first kappa shape index (κ1) is 16.7. The summed E-state index contributed by atoms with van der Waals surface area (Å²) in [6.07, 6.45) is 0. The SMILES string of the molecule is Cc1nc2ccccc2c(=O)n1CC(=O)NC(=O)NC(C)(C)C. The van der Waals surface area contributed by atoms with Crippen molar-refractivity contribution in [3.63, 3.8) is 0 Å². The van der Waals surface area contributed by atoms with Crippen molar-refractivity contribution in [1.82, 2.24) is 20.2 Å². The van der Waals surface area contributed by atoms with E-state index in [1.54, 1.807) is 52.0 Å². The van der Waals surface area contributed by atoms with Gasteiger partial charge in [0.25, 0.3) is 5.56 Å². The van der Waals surface area contributed by atoms with Gasteiger partial charge in [0.2, 0.25) is 5.91 Å². The number of benzene rings is 1. The molecule has 7 heteroatoms. The number of urea groups is 1. The summed E-state index contributed by atoms with van der Waals surface area (Å²) >= 11 is 0. The molecule has 0 aliphatic carbocycles. The van der Waals surface area contributed by atoms with E-state index in [4.69, 9.17) is 0 Å². The Bertz CT molecular complexity index is 818. The summed E-state index contributed by atoms with van der Waals surface area (Å²) in [6.45, 7) is 6.80. The second-order valence-corrected chi connectivity index (χ2v) is 6.32. The number of fused-ring (bicyclic) bond motifs is 1. The van der Waals surface area contributed by atoms with E-state index < -0.39 is 17.5 Å². The van der Waals surface area contributed by atoms with Gasteiger partial charge in [-0.3, -0.25) is 19.5 Å². The van der Waals surface area contributed by atoms with E-state index in [2.05, 4.69) is 15.6 Å². The molecule has 2 rings (SSSR count). The Morgan fingerprint density at radius 3 is 2.52 bits per heavy atom. The van der Waals surface area contributed by atoms with Gasteiger partial charge in [-0.05, 0) is 39.8 Å². The zero-order chi connectivity index (χ0) is 17.2. The van der Waals surface area contributed by atoms with Crippen LogP contribution < -0.4 is 16.2 Å². The predicted molar refractivity (Wildman–Crippen MR) is 87.2 cm³/mol. The second-order valence-electron chi connectivity index (χ2n) is 6.32. The van der Waals surface area contributed by atoms with E-state index in [9.17, 15) is 14.4 Å². The number of amides is 3. The lowest BCUT2D eigenvalue weighted by Gasteiger charge is -2.20. The van der Waals surface area contributed by atoms with Crippen molar-refractivity contribution in [1.29, 1.82) is 0 Å². The summed E-state index contributed by atoms with van der Waals surface area (Å²) in [5.74, 6) is -0.158. The van der Waals surface area contributed by atoms with Gasteiger partial charge in [-0.2, -0.15) is 0 Å². The molecule has 0 radical (unpaired) electrons. The number of imide groups is 1. The molecule has 122 valence electrons. The lowest BCUT2D eigenvalue weighted by atomic mass is 10.1. The topological polar surface area (TPSA) is 93.1 Å². The minimum Gasteiger partial charge on any atom is -0.333 e. The number of carbonyl (C=O) groups excluding carboxylic acids is 2. The maximum Gasteiger partial charge on any atom is 0.321 e. The fourth-order valence-corrected chi connectivity index (χ4v) is 2.15. The van der Waals surface area contributed by atoms with Crippen molar-refractivity contribution >= 4 is 22.8 Å². The van der Waals surface area contributed by atoms with Gasteiger partial charge in [0.1, 0.15) is 12.4 Å². The van der Waals surface area contributed by atoms with Crippen LogP contribution in [0.4, 0.5) is 4.79 Å². The van der Waals surface area contributed by atoms with E-state index in [1.807, 2.05) is 0 Å². The monoisotopic (exact) mass is 316 g/mol. The Hall–Kier alpha value is -2.70. The summed E-state index contributed by atoms with van der Waals surface area (Å²) in [4.78, 5) is 40.4. The molecule has 0 saturated heterocycles. The number of nitrogens with zero attached hydrogens (tertiary/aromatic N) is 2. The molecular weight excluding hydrogens is 296 g/mol. The van der Waals surface area contributed by atoms with E-state index in [-0.39, 0.29) is 12.1 Å². The van der Waals surface area contributed by atoms with Crippen LogP contribution in [0.5, 0.6) is 0 Å². The molecule has 3 amide bonds. The molecule has 0 saturated carbocycles. The molecule has 0 bridgehead atoms. The number of nitrogens with one attached hydrogen (secondary N) is 2. The van der Waals surface area contributed by atoms with Gasteiger partial charge < -0.3 is 5.32 Å². The van der Waals surface area contributed by atoms with Crippen LogP contribution >= 0.6 is 0 Å². The van der Waals surface area contributed by atoms with Crippen LogP contribution in [0.3, 0.4) is 0 Å². The molecule has 0 fully saturated rings.